The van der Waals surface area contributed by atoms with Gasteiger partial charge in [-0.05, 0) is 55.3 Å². The molecule has 0 aliphatic rings. The van der Waals surface area contributed by atoms with Gasteiger partial charge < -0.3 is 14.8 Å². The Morgan fingerprint density at radius 2 is 1.67 bits per heavy atom. The van der Waals surface area contributed by atoms with Crippen LogP contribution in [0.25, 0.3) is 0 Å². The lowest BCUT2D eigenvalue weighted by molar-refractivity contribution is -0.128. The SMILES string of the molecule is CC[C@@H](NC(=O)[C@H](C)Oc1ccc(F)cc1)c1ccc(OC)cc1. The van der Waals surface area contributed by atoms with E-state index >= 15 is 0 Å². The number of hydrogen-bond acceptors (Lipinski definition) is 3. The van der Waals surface area contributed by atoms with Gasteiger partial charge in [0.15, 0.2) is 6.10 Å². The van der Waals surface area contributed by atoms with Gasteiger partial charge in [-0.2, -0.15) is 0 Å². The van der Waals surface area contributed by atoms with Gasteiger partial charge in [-0.25, -0.2) is 4.39 Å². The van der Waals surface area contributed by atoms with Crippen molar-refractivity contribution in [2.45, 2.75) is 32.4 Å². The molecule has 24 heavy (non-hydrogen) atoms. The van der Waals surface area contributed by atoms with Crippen LogP contribution >= 0.6 is 0 Å². The summed E-state index contributed by atoms with van der Waals surface area (Å²) in [4.78, 5) is 12.3. The molecule has 0 fully saturated rings. The number of benzene rings is 2. The summed E-state index contributed by atoms with van der Waals surface area (Å²) in [5.74, 6) is 0.663. The van der Waals surface area contributed by atoms with E-state index in [1.165, 1.54) is 24.3 Å². The number of rotatable bonds is 7. The molecular weight excluding hydrogens is 309 g/mol. The predicted octanol–water partition coefficient (Wildman–Crippen LogP) is 3.87. The Hall–Kier alpha value is -2.56. The minimum absolute atomic E-state index is 0.109. The smallest absolute Gasteiger partial charge is 0.261 e. The summed E-state index contributed by atoms with van der Waals surface area (Å²) in [7, 11) is 1.61. The first-order valence-corrected chi connectivity index (χ1v) is 7.90. The van der Waals surface area contributed by atoms with E-state index in [4.69, 9.17) is 9.47 Å². The molecule has 0 saturated heterocycles. The Labute approximate surface area is 141 Å². The van der Waals surface area contributed by atoms with Crippen molar-refractivity contribution in [3.63, 3.8) is 0 Å². The molecule has 1 amide bonds. The number of ether oxygens (including phenoxy) is 2. The molecule has 0 unspecified atom stereocenters. The number of halogens is 1. The lowest BCUT2D eigenvalue weighted by atomic mass is 10.0. The molecule has 2 aromatic carbocycles. The third-order valence-electron chi connectivity index (χ3n) is 3.74. The van der Waals surface area contributed by atoms with E-state index in [9.17, 15) is 9.18 Å². The molecule has 0 radical (unpaired) electrons. The maximum absolute atomic E-state index is 12.9. The fourth-order valence-corrected chi connectivity index (χ4v) is 2.32. The van der Waals surface area contributed by atoms with Crippen molar-refractivity contribution in [2.75, 3.05) is 7.11 Å². The van der Waals surface area contributed by atoms with Gasteiger partial charge in [-0.3, -0.25) is 4.79 Å². The molecule has 0 heterocycles. The van der Waals surface area contributed by atoms with Crippen LogP contribution in [-0.4, -0.2) is 19.1 Å². The second kappa shape index (κ2) is 8.34. The third-order valence-corrected chi connectivity index (χ3v) is 3.74. The van der Waals surface area contributed by atoms with Crippen LogP contribution in [0, 0.1) is 5.82 Å². The number of hydrogen-bond donors (Lipinski definition) is 1. The molecule has 0 bridgehead atoms. The largest absolute Gasteiger partial charge is 0.497 e. The quantitative estimate of drug-likeness (QED) is 0.838. The minimum Gasteiger partial charge on any atom is -0.497 e. The summed E-state index contributed by atoms with van der Waals surface area (Å²) in [5, 5.41) is 2.97. The number of amides is 1. The van der Waals surface area contributed by atoms with E-state index in [0.717, 1.165) is 17.7 Å². The molecular formula is C19H22FNO3. The van der Waals surface area contributed by atoms with Crippen LogP contribution in [0.5, 0.6) is 11.5 Å². The zero-order chi connectivity index (χ0) is 17.5. The van der Waals surface area contributed by atoms with E-state index in [1.54, 1.807) is 14.0 Å². The molecule has 2 rings (SSSR count). The maximum atomic E-state index is 12.9. The Morgan fingerprint density at radius 1 is 1.08 bits per heavy atom. The summed E-state index contributed by atoms with van der Waals surface area (Å²) in [5.41, 5.74) is 1.00. The molecule has 2 atom stereocenters. The lowest BCUT2D eigenvalue weighted by Gasteiger charge is -2.21. The Kier molecular flexibility index (Phi) is 6.18. The minimum atomic E-state index is -0.678. The van der Waals surface area contributed by atoms with Crippen LogP contribution in [0.2, 0.25) is 0 Å². The van der Waals surface area contributed by atoms with Crippen molar-refractivity contribution in [1.29, 1.82) is 0 Å². The second-order valence-electron chi connectivity index (χ2n) is 5.46. The normalized spacial score (nSPS) is 13.0. The van der Waals surface area contributed by atoms with Crippen LogP contribution in [0.4, 0.5) is 4.39 Å². The highest BCUT2D eigenvalue weighted by molar-refractivity contribution is 5.81. The monoisotopic (exact) mass is 331 g/mol. The van der Waals surface area contributed by atoms with Crippen molar-refractivity contribution in [1.82, 2.24) is 5.32 Å². The van der Waals surface area contributed by atoms with Crippen LogP contribution in [0.3, 0.4) is 0 Å². The summed E-state index contributed by atoms with van der Waals surface area (Å²) >= 11 is 0. The van der Waals surface area contributed by atoms with E-state index in [0.29, 0.717) is 5.75 Å². The highest BCUT2D eigenvalue weighted by atomic mass is 19.1. The van der Waals surface area contributed by atoms with Crippen molar-refractivity contribution in [2.24, 2.45) is 0 Å². The Balaban J connectivity index is 1.98. The third kappa shape index (κ3) is 4.72. The van der Waals surface area contributed by atoms with Crippen molar-refractivity contribution in [3.8, 4) is 11.5 Å². The van der Waals surface area contributed by atoms with Gasteiger partial charge in [0.25, 0.3) is 5.91 Å². The van der Waals surface area contributed by atoms with Gasteiger partial charge >= 0.3 is 0 Å². The molecule has 0 aromatic heterocycles. The molecule has 0 aliphatic heterocycles. The van der Waals surface area contributed by atoms with Gasteiger partial charge in [0.2, 0.25) is 0 Å². The average Bonchev–Trinajstić information content (AvgIpc) is 2.61. The van der Waals surface area contributed by atoms with Crippen molar-refractivity contribution < 1.29 is 18.7 Å². The number of carbonyl (C=O) groups is 1. The first kappa shape index (κ1) is 17.8. The molecule has 4 nitrogen and oxygen atoms in total. The molecule has 0 saturated carbocycles. The maximum Gasteiger partial charge on any atom is 0.261 e. The summed E-state index contributed by atoms with van der Waals surface area (Å²) in [6, 6.07) is 13.1. The van der Waals surface area contributed by atoms with Gasteiger partial charge in [0.05, 0.1) is 13.2 Å². The van der Waals surface area contributed by atoms with Crippen molar-refractivity contribution in [3.05, 3.63) is 59.9 Å². The molecule has 5 heteroatoms. The fraction of sp³-hybridized carbons (Fsp3) is 0.316. The van der Waals surface area contributed by atoms with Gasteiger partial charge in [0, 0.05) is 0 Å². The Morgan fingerprint density at radius 3 is 2.21 bits per heavy atom. The summed E-state index contributed by atoms with van der Waals surface area (Å²) in [6.07, 6.45) is 0.0733. The van der Waals surface area contributed by atoms with E-state index < -0.39 is 6.10 Å². The first-order chi connectivity index (χ1) is 11.5. The van der Waals surface area contributed by atoms with Gasteiger partial charge in [0.1, 0.15) is 17.3 Å². The standard InChI is InChI=1S/C19H22FNO3/c1-4-18(14-5-9-16(23-3)10-6-14)21-19(22)13(2)24-17-11-7-15(20)8-12-17/h5-13,18H,4H2,1-3H3,(H,21,22)/t13-,18+/m0/s1. The molecule has 1 N–H and O–H groups in total. The van der Waals surface area contributed by atoms with Crippen LogP contribution in [0.1, 0.15) is 31.9 Å². The lowest BCUT2D eigenvalue weighted by Crippen LogP contribution is -2.38. The highest BCUT2D eigenvalue weighted by Gasteiger charge is 2.19. The van der Waals surface area contributed by atoms with Crippen LogP contribution in [0.15, 0.2) is 48.5 Å². The van der Waals surface area contributed by atoms with E-state index in [2.05, 4.69) is 5.32 Å². The number of nitrogens with one attached hydrogen (secondary N) is 1. The average molecular weight is 331 g/mol. The summed E-state index contributed by atoms with van der Waals surface area (Å²) in [6.45, 7) is 3.67. The zero-order valence-electron chi connectivity index (χ0n) is 14.1. The topological polar surface area (TPSA) is 47.6 Å². The second-order valence-corrected chi connectivity index (χ2v) is 5.46. The van der Waals surface area contributed by atoms with Crippen molar-refractivity contribution >= 4 is 5.91 Å². The van der Waals surface area contributed by atoms with Crippen LogP contribution < -0.4 is 14.8 Å². The van der Waals surface area contributed by atoms with Gasteiger partial charge in [-0.15, -0.1) is 0 Å². The summed E-state index contributed by atoms with van der Waals surface area (Å²) < 4.78 is 23.6. The van der Waals surface area contributed by atoms with Gasteiger partial charge in [-0.1, -0.05) is 19.1 Å². The predicted molar refractivity (Wildman–Crippen MR) is 90.7 cm³/mol. The Bertz CT molecular complexity index is 655. The highest BCUT2D eigenvalue weighted by Crippen LogP contribution is 2.20. The number of carbonyl (C=O) groups excluding carboxylic acids is 1. The van der Waals surface area contributed by atoms with E-state index in [-0.39, 0.29) is 17.8 Å². The molecule has 2 aromatic rings. The number of methoxy groups -OCH3 is 1. The first-order valence-electron chi connectivity index (χ1n) is 7.90. The molecule has 0 aliphatic carbocycles. The molecule has 0 spiro atoms. The van der Waals surface area contributed by atoms with Crippen LogP contribution in [-0.2, 0) is 4.79 Å². The van der Waals surface area contributed by atoms with E-state index in [1.807, 2.05) is 31.2 Å². The fourth-order valence-electron chi connectivity index (χ4n) is 2.32. The zero-order valence-corrected chi connectivity index (χ0v) is 14.1. The molecule has 128 valence electrons.